The van der Waals surface area contributed by atoms with Crippen LogP contribution in [-0.2, 0) is 41.8 Å². The van der Waals surface area contributed by atoms with Gasteiger partial charge in [0.25, 0.3) is 0 Å². The second-order valence-corrected chi connectivity index (χ2v) is 14.6. The van der Waals surface area contributed by atoms with Crippen LogP contribution in [0.5, 0.6) is 0 Å². The second kappa shape index (κ2) is 19.4. The van der Waals surface area contributed by atoms with Gasteiger partial charge in [-0.05, 0) is 49.8 Å². The van der Waals surface area contributed by atoms with Gasteiger partial charge < -0.3 is 14.6 Å². The van der Waals surface area contributed by atoms with Crippen molar-refractivity contribution in [2.45, 2.75) is 88.7 Å². The minimum atomic E-state index is -3.68. The molecule has 1 saturated heterocycles. The standard InChI is InChI=1S/C29H34O5S.C7H7AtO.C2H6/c1-29(2,30)34-26-19-18-25(20-22-12-6-3-7-13-22)35(31,32)28(24-16-10-5-11-17-24)27(26)33-21-23-14-8-4-9-15-23;8-9-6-7-4-2-1-3-5-7;1-2/h3-17,25-28,30H,18-21H2,1-2H3;1-5H,6H2;1-2H3/t25-,26?,27?,28?;;/m0../s1. The van der Waals surface area contributed by atoms with E-state index in [-0.39, 0.29) is 6.61 Å². The number of rotatable bonds is 10. The predicted octanol–water partition coefficient (Wildman–Crippen LogP) is 7.94. The van der Waals surface area contributed by atoms with Gasteiger partial charge in [-0.2, -0.15) is 0 Å². The first-order valence-corrected chi connectivity index (χ1v) is 18.6. The van der Waals surface area contributed by atoms with Crippen LogP contribution in [0.3, 0.4) is 0 Å². The minimum absolute atomic E-state index is 0.249. The predicted molar refractivity (Wildman–Crippen MR) is 180 cm³/mol. The molecule has 0 radical (unpaired) electrons. The van der Waals surface area contributed by atoms with Crippen LogP contribution in [0.4, 0.5) is 0 Å². The molecule has 0 aromatic heterocycles. The van der Waals surface area contributed by atoms with Crippen LogP contribution in [0.25, 0.3) is 0 Å². The summed E-state index contributed by atoms with van der Waals surface area (Å²) in [5, 5.41) is 9.02. The summed E-state index contributed by atoms with van der Waals surface area (Å²) in [6.07, 6.45) is -0.0716. The fourth-order valence-corrected chi connectivity index (χ4v) is 8.44. The molecule has 1 fully saturated rings. The first-order valence-electron chi connectivity index (χ1n) is 15.8. The average molecular weight is 842 g/mol. The van der Waals surface area contributed by atoms with Crippen LogP contribution in [0.15, 0.2) is 121 Å². The molecule has 6 nitrogen and oxygen atoms in total. The number of benzene rings is 4. The Morgan fingerprint density at radius 2 is 1.17 bits per heavy atom. The van der Waals surface area contributed by atoms with Crippen LogP contribution >= 0.6 is 0 Å². The van der Waals surface area contributed by atoms with Gasteiger partial charge in [0.2, 0.25) is 0 Å². The number of aliphatic hydroxyl groups is 1. The molecule has 4 atom stereocenters. The van der Waals surface area contributed by atoms with Gasteiger partial charge >= 0.3 is 70.5 Å². The van der Waals surface area contributed by atoms with Crippen LogP contribution in [0.2, 0.25) is 0 Å². The van der Waals surface area contributed by atoms with E-state index in [1.807, 2.05) is 123 Å². The summed E-state index contributed by atoms with van der Waals surface area (Å²) in [6.45, 7) is 8.12. The van der Waals surface area contributed by atoms with Gasteiger partial charge in [0.15, 0.2) is 15.6 Å². The maximum absolute atomic E-state index is 14.3. The molecule has 1 aliphatic heterocycles. The van der Waals surface area contributed by atoms with Gasteiger partial charge in [0.05, 0.1) is 18.0 Å². The Balaban J connectivity index is 0.000000446. The molecule has 4 aromatic carbocycles. The van der Waals surface area contributed by atoms with Crippen molar-refractivity contribution in [1.82, 2.24) is 0 Å². The second-order valence-electron chi connectivity index (χ2n) is 11.4. The van der Waals surface area contributed by atoms with E-state index < -0.39 is 38.3 Å². The molecule has 3 unspecified atom stereocenters. The number of hydrogen-bond donors (Lipinski definition) is 1. The van der Waals surface area contributed by atoms with Gasteiger partial charge in [-0.25, -0.2) is 8.42 Å². The molecule has 0 spiro atoms. The summed E-state index contributed by atoms with van der Waals surface area (Å²) in [6, 6.07) is 38.8. The Labute approximate surface area is 291 Å². The van der Waals surface area contributed by atoms with Crippen molar-refractivity contribution < 1.29 is 51.0 Å². The molecule has 4 aromatic rings. The molecule has 0 aliphatic carbocycles. The quantitative estimate of drug-likeness (QED) is 0.164. The summed E-state index contributed by atoms with van der Waals surface area (Å²) in [5.74, 6) is -1.43. The van der Waals surface area contributed by atoms with Gasteiger partial charge in [0.1, 0.15) is 11.4 Å². The van der Waals surface area contributed by atoms with E-state index in [0.717, 1.165) is 17.7 Å². The SMILES string of the molecule is CC.CC(C)(O)OC1CC[C@@H](Cc2ccccc2)S(=O)(=O)C(c2ccccc2)C1OCc1ccccc1.[At]OCc1ccccc1. The average Bonchev–Trinajstić information content (AvgIpc) is 3.16. The summed E-state index contributed by atoms with van der Waals surface area (Å²) in [5.41, 5.74) is 3.84. The zero-order valence-corrected chi connectivity index (χ0v) is 30.9. The van der Waals surface area contributed by atoms with Crippen molar-refractivity contribution in [1.29, 1.82) is 0 Å². The normalized spacial score (nSPS) is 20.7. The molecule has 0 bridgehead atoms. The third kappa shape index (κ3) is 12.0. The Morgan fingerprint density at radius 3 is 1.65 bits per heavy atom. The van der Waals surface area contributed by atoms with E-state index in [1.54, 1.807) is 13.8 Å². The molecule has 5 rings (SSSR count). The first-order chi connectivity index (χ1) is 22.2. The molecule has 1 heterocycles. The Kier molecular flexibility index (Phi) is 16.0. The third-order valence-electron chi connectivity index (χ3n) is 7.48. The molecule has 248 valence electrons. The van der Waals surface area contributed by atoms with Crippen molar-refractivity contribution in [3.05, 3.63) is 144 Å². The molecule has 46 heavy (non-hydrogen) atoms. The number of sulfone groups is 1. The third-order valence-corrected chi connectivity index (χ3v) is 10.5. The molecule has 1 aliphatic rings. The van der Waals surface area contributed by atoms with Crippen LogP contribution in [0.1, 0.15) is 68.0 Å². The Bertz CT molecular complexity index is 1480. The van der Waals surface area contributed by atoms with E-state index in [2.05, 4.69) is 12.1 Å². The zero-order valence-electron chi connectivity index (χ0n) is 27.2. The summed E-state index contributed by atoms with van der Waals surface area (Å²) >= 11 is 1.35. The zero-order chi connectivity index (χ0) is 33.4. The summed E-state index contributed by atoms with van der Waals surface area (Å²) in [4.78, 5) is 0. The fourth-order valence-electron chi connectivity index (χ4n) is 5.48. The maximum atomic E-state index is 14.3. The van der Waals surface area contributed by atoms with Gasteiger partial charge in [-0.15, -0.1) is 0 Å². The molecule has 0 saturated carbocycles. The van der Waals surface area contributed by atoms with Crippen molar-refractivity contribution in [3.63, 3.8) is 0 Å². The Morgan fingerprint density at radius 1 is 0.717 bits per heavy atom. The molecule has 1 N–H and O–H groups in total. The molecule has 8 heteroatoms. The van der Waals surface area contributed by atoms with E-state index in [9.17, 15) is 13.5 Å². The van der Waals surface area contributed by atoms with E-state index in [1.165, 1.54) is 30.7 Å². The van der Waals surface area contributed by atoms with Gasteiger partial charge in [-0.3, -0.25) is 0 Å². The summed E-state index contributed by atoms with van der Waals surface area (Å²) < 4.78 is 46.0. The van der Waals surface area contributed by atoms with Crippen molar-refractivity contribution >= 4 is 9.84 Å². The number of hydrogen-bond acceptors (Lipinski definition) is 6. The van der Waals surface area contributed by atoms with E-state index >= 15 is 0 Å². The number of ether oxygens (including phenoxy) is 2. The van der Waals surface area contributed by atoms with Crippen LogP contribution in [0, 0.1) is 25.2 Å². The monoisotopic (exact) mass is 841 g/mol. The van der Waals surface area contributed by atoms with Gasteiger partial charge in [0, 0.05) is 0 Å². The molecular formula is C38H47AtO6S. The molecule has 0 amide bonds. The topological polar surface area (TPSA) is 82.1 Å². The fraction of sp³-hybridized carbons (Fsp3) is 0.368. The summed E-state index contributed by atoms with van der Waals surface area (Å²) in [7, 11) is -3.68. The van der Waals surface area contributed by atoms with Crippen molar-refractivity contribution in [3.8, 4) is 0 Å². The van der Waals surface area contributed by atoms with Crippen LogP contribution in [-0.4, -0.2) is 36.8 Å². The van der Waals surface area contributed by atoms with E-state index in [4.69, 9.17) is 12.3 Å². The molecular weight excluding hydrogens is 794 g/mol. The first kappa shape index (κ1) is 38.0. The van der Waals surface area contributed by atoms with Crippen molar-refractivity contribution in [2.75, 3.05) is 0 Å². The van der Waals surface area contributed by atoms with Crippen molar-refractivity contribution in [2.24, 2.45) is 0 Å². The Hall–Kier alpha value is -2.45. The van der Waals surface area contributed by atoms with Crippen LogP contribution < -0.4 is 0 Å². The van der Waals surface area contributed by atoms with Gasteiger partial charge in [-0.1, -0.05) is 105 Å². The van der Waals surface area contributed by atoms with E-state index in [0.29, 0.717) is 24.8 Å².